The molecule has 2 aromatic rings. The Bertz CT molecular complexity index is 666. The molecular weight excluding hydrogens is 304 g/mol. The molecular formula is C20H20O4. The zero-order valence-corrected chi connectivity index (χ0v) is 13.8. The fraction of sp³-hybridized carbons (Fsp3) is 0.300. The van der Waals surface area contributed by atoms with Gasteiger partial charge in [-0.3, -0.25) is 9.59 Å². The first kappa shape index (κ1) is 16.2. The van der Waals surface area contributed by atoms with E-state index >= 15 is 0 Å². The molecule has 6 rings (SSSR count). The second-order valence-electron chi connectivity index (χ2n) is 6.04. The molecule has 4 aliphatic rings. The predicted octanol–water partition coefficient (Wildman–Crippen LogP) is 3.69. The van der Waals surface area contributed by atoms with Gasteiger partial charge in [0.2, 0.25) is 0 Å². The maximum Gasteiger partial charge on any atom is 0.303 e. The topological polar surface area (TPSA) is 52.6 Å². The third-order valence-corrected chi connectivity index (χ3v) is 4.18. The minimum atomic E-state index is -0.675. The lowest BCUT2D eigenvalue weighted by Gasteiger charge is -2.27. The Labute approximate surface area is 141 Å². The van der Waals surface area contributed by atoms with Gasteiger partial charge in [0, 0.05) is 13.8 Å². The van der Waals surface area contributed by atoms with E-state index in [1.54, 1.807) is 0 Å². The summed E-state index contributed by atoms with van der Waals surface area (Å²) in [4.78, 5) is 23.2. The van der Waals surface area contributed by atoms with Crippen molar-refractivity contribution >= 4 is 11.9 Å². The summed E-state index contributed by atoms with van der Waals surface area (Å²) in [7, 11) is 0. The maximum atomic E-state index is 11.6. The van der Waals surface area contributed by atoms with Crippen LogP contribution in [0, 0.1) is 0 Å². The molecule has 0 spiro atoms. The highest BCUT2D eigenvalue weighted by atomic mass is 16.6. The predicted molar refractivity (Wildman–Crippen MR) is 89.3 cm³/mol. The van der Waals surface area contributed by atoms with Crippen molar-refractivity contribution in [1.82, 2.24) is 0 Å². The Balaban J connectivity index is 2.11. The molecule has 0 amide bonds. The fourth-order valence-corrected chi connectivity index (χ4v) is 3.00. The zero-order valence-electron chi connectivity index (χ0n) is 13.8. The SMILES string of the molecule is CC(=O)OC1c2ccc(cc2)CCc2ccc(cc2)C1OC(C)=O. The highest BCUT2D eigenvalue weighted by Crippen LogP contribution is 2.36. The van der Waals surface area contributed by atoms with Crippen LogP contribution in [-0.2, 0) is 31.9 Å². The molecule has 4 nitrogen and oxygen atoms in total. The van der Waals surface area contributed by atoms with Crippen LogP contribution in [0.2, 0.25) is 0 Å². The van der Waals surface area contributed by atoms with Crippen molar-refractivity contribution < 1.29 is 19.1 Å². The van der Waals surface area contributed by atoms with E-state index in [0.29, 0.717) is 0 Å². The van der Waals surface area contributed by atoms with E-state index in [2.05, 4.69) is 0 Å². The van der Waals surface area contributed by atoms with E-state index < -0.39 is 24.1 Å². The largest absolute Gasteiger partial charge is 0.453 e. The highest BCUT2D eigenvalue weighted by molar-refractivity contribution is 5.68. The highest BCUT2D eigenvalue weighted by Gasteiger charge is 2.30. The molecule has 4 aliphatic carbocycles. The number of rotatable bonds is 2. The Kier molecular flexibility index (Phi) is 4.65. The minimum Gasteiger partial charge on any atom is -0.453 e. The van der Waals surface area contributed by atoms with Crippen LogP contribution in [0.3, 0.4) is 0 Å². The average molecular weight is 324 g/mol. The van der Waals surface area contributed by atoms with Crippen LogP contribution < -0.4 is 0 Å². The van der Waals surface area contributed by atoms with E-state index in [1.165, 1.54) is 25.0 Å². The van der Waals surface area contributed by atoms with Crippen LogP contribution in [-0.4, -0.2) is 11.9 Å². The normalized spacial score (nSPS) is 19.2. The van der Waals surface area contributed by atoms with Crippen LogP contribution in [0.5, 0.6) is 0 Å². The Morgan fingerprint density at radius 2 is 1.04 bits per heavy atom. The van der Waals surface area contributed by atoms with Gasteiger partial charge in [0.25, 0.3) is 0 Å². The third kappa shape index (κ3) is 3.65. The monoisotopic (exact) mass is 324 g/mol. The number of ether oxygens (including phenoxy) is 2. The molecule has 0 radical (unpaired) electrons. The first-order chi connectivity index (χ1) is 11.5. The molecule has 2 atom stereocenters. The lowest BCUT2D eigenvalue weighted by atomic mass is 9.93. The van der Waals surface area contributed by atoms with Crippen molar-refractivity contribution in [3.8, 4) is 0 Å². The first-order valence-corrected chi connectivity index (χ1v) is 8.05. The van der Waals surface area contributed by atoms with Crippen LogP contribution in [0.15, 0.2) is 48.5 Å². The maximum absolute atomic E-state index is 11.6. The Morgan fingerprint density at radius 3 is 1.33 bits per heavy atom. The molecule has 0 saturated heterocycles. The third-order valence-electron chi connectivity index (χ3n) is 4.18. The van der Waals surface area contributed by atoms with Gasteiger partial charge in [0.1, 0.15) is 0 Å². The number of aryl methyl sites for hydroxylation is 2. The van der Waals surface area contributed by atoms with Gasteiger partial charge >= 0.3 is 11.9 Å². The molecule has 0 aliphatic heterocycles. The zero-order chi connectivity index (χ0) is 17.1. The van der Waals surface area contributed by atoms with Crippen molar-refractivity contribution in [2.75, 3.05) is 0 Å². The number of carbonyl (C=O) groups is 2. The minimum absolute atomic E-state index is 0.412. The molecule has 0 N–H and O–H groups in total. The lowest BCUT2D eigenvalue weighted by molar-refractivity contribution is -0.166. The number of hydrogen-bond donors (Lipinski definition) is 0. The van der Waals surface area contributed by atoms with Gasteiger partial charge in [0.15, 0.2) is 12.2 Å². The lowest BCUT2D eigenvalue weighted by Crippen LogP contribution is -2.22. The smallest absolute Gasteiger partial charge is 0.303 e. The first-order valence-electron chi connectivity index (χ1n) is 8.05. The summed E-state index contributed by atoms with van der Waals surface area (Å²) in [5, 5.41) is 0. The number of esters is 2. The van der Waals surface area contributed by atoms with Crippen LogP contribution in [0.25, 0.3) is 0 Å². The second kappa shape index (κ2) is 6.87. The van der Waals surface area contributed by atoms with Crippen molar-refractivity contribution in [2.45, 2.75) is 38.9 Å². The molecule has 2 unspecified atom stereocenters. The summed E-state index contributed by atoms with van der Waals surface area (Å²) in [5.41, 5.74) is 4.05. The van der Waals surface area contributed by atoms with Gasteiger partial charge < -0.3 is 9.47 Å². The molecule has 24 heavy (non-hydrogen) atoms. The summed E-state index contributed by atoms with van der Waals surface area (Å²) >= 11 is 0. The standard InChI is InChI=1S/C20H20O4/c1-13(21)23-19-17-9-5-15(6-10-17)3-4-16-7-11-18(12-8-16)20(19)24-14(2)22/h5-12,19-20H,3-4H2,1-2H3. The van der Waals surface area contributed by atoms with E-state index in [4.69, 9.17) is 9.47 Å². The van der Waals surface area contributed by atoms with Crippen molar-refractivity contribution in [3.05, 3.63) is 70.8 Å². The molecule has 0 saturated carbocycles. The van der Waals surface area contributed by atoms with Gasteiger partial charge in [-0.05, 0) is 35.1 Å². The van der Waals surface area contributed by atoms with Crippen LogP contribution >= 0.6 is 0 Å². The second-order valence-corrected chi connectivity index (χ2v) is 6.04. The van der Waals surface area contributed by atoms with E-state index in [1.807, 2.05) is 48.5 Å². The van der Waals surface area contributed by atoms with Gasteiger partial charge in [0.05, 0.1) is 0 Å². The molecule has 0 heterocycles. The molecule has 4 bridgehead atoms. The van der Waals surface area contributed by atoms with E-state index in [9.17, 15) is 9.59 Å². The fourth-order valence-electron chi connectivity index (χ4n) is 3.00. The Morgan fingerprint density at radius 1 is 0.708 bits per heavy atom. The summed E-state index contributed by atoms with van der Waals surface area (Å²) in [6.45, 7) is 2.72. The number of benzene rings is 2. The molecule has 124 valence electrons. The van der Waals surface area contributed by atoms with E-state index in [-0.39, 0.29) is 0 Å². The van der Waals surface area contributed by atoms with Crippen molar-refractivity contribution in [3.63, 3.8) is 0 Å². The van der Waals surface area contributed by atoms with Gasteiger partial charge in [-0.2, -0.15) is 0 Å². The van der Waals surface area contributed by atoms with Gasteiger partial charge in [-0.1, -0.05) is 48.5 Å². The van der Waals surface area contributed by atoms with Crippen LogP contribution in [0.1, 0.15) is 48.3 Å². The number of hydrogen-bond acceptors (Lipinski definition) is 4. The van der Waals surface area contributed by atoms with Crippen molar-refractivity contribution in [1.29, 1.82) is 0 Å². The summed E-state index contributed by atoms with van der Waals surface area (Å²) in [5.74, 6) is -0.824. The van der Waals surface area contributed by atoms with Crippen molar-refractivity contribution in [2.24, 2.45) is 0 Å². The van der Waals surface area contributed by atoms with Crippen LogP contribution in [0.4, 0.5) is 0 Å². The molecule has 0 aromatic heterocycles. The summed E-state index contributed by atoms with van der Waals surface area (Å²) in [6.07, 6.45) is 0.549. The Hall–Kier alpha value is -2.62. The summed E-state index contributed by atoms with van der Waals surface area (Å²) < 4.78 is 11.1. The van der Waals surface area contributed by atoms with E-state index in [0.717, 1.165) is 24.0 Å². The molecule has 4 heteroatoms. The number of carbonyl (C=O) groups excluding carboxylic acids is 2. The molecule has 2 aromatic carbocycles. The molecule has 0 fully saturated rings. The summed E-state index contributed by atoms with van der Waals surface area (Å²) in [6, 6.07) is 15.9. The average Bonchev–Trinajstić information content (AvgIpc) is 2.56. The van der Waals surface area contributed by atoms with Gasteiger partial charge in [-0.15, -0.1) is 0 Å². The van der Waals surface area contributed by atoms with Gasteiger partial charge in [-0.25, -0.2) is 0 Å². The quantitative estimate of drug-likeness (QED) is 0.791.